The SMILES string of the molecule is CCCCCCCCCCCCCOC(=O)C1CC2OC2CC1C(=O)OCCOC(=O)C1CC2OC2CC1C(=O)OCCCCCCCCCCCCC. The molecule has 0 aromatic rings. The molecule has 4 fully saturated rings. The molecular weight excluding hydrogens is 688 g/mol. The Kier molecular flexibility index (Phi) is 21.3. The minimum absolute atomic E-state index is 0.000540. The lowest BCUT2D eigenvalue weighted by Crippen LogP contribution is -2.39. The summed E-state index contributed by atoms with van der Waals surface area (Å²) in [7, 11) is 0. The molecule has 4 rings (SSSR count). The lowest BCUT2D eigenvalue weighted by Gasteiger charge is -2.27. The molecule has 10 nitrogen and oxygen atoms in total. The van der Waals surface area contributed by atoms with Gasteiger partial charge < -0.3 is 28.4 Å². The number of ether oxygens (including phenoxy) is 6. The monoisotopic (exact) mass is 763 g/mol. The summed E-state index contributed by atoms with van der Waals surface area (Å²) in [6.07, 6.45) is 28.6. The molecule has 0 aromatic heterocycles. The third-order valence-electron chi connectivity index (χ3n) is 12.1. The standard InChI is InChI=1S/C44H74O10/c1-3-5-7-9-11-13-15-17-19-21-23-25-49-41(45)33-29-37-39(53-37)31-35(33)43(47)51-27-28-52-44(48)36-32-40-38(54-40)30-34(36)42(46)50-26-24-22-20-18-16-14-12-10-8-6-4-2/h33-40H,3-32H2,1-2H3. The van der Waals surface area contributed by atoms with Crippen molar-refractivity contribution < 1.29 is 47.6 Å². The van der Waals surface area contributed by atoms with Gasteiger partial charge in [-0.3, -0.25) is 19.2 Å². The molecule has 4 aliphatic rings. The second-order valence-electron chi connectivity index (χ2n) is 16.5. The predicted octanol–water partition coefficient (Wildman–Crippen LogP) is 9.37. The van der Waals surface area contributed by atoms with E-state index in [-0.39, 0.29) is 49.6 Å². The normalized spacial score (nSPS) is 26.6. The van der Waals surface area contributed by atoms with Gasteiger partial charge in [0, 0.05) is 0 Å². The summed E-state index contributed by atoms with van der Waals surface area (Å²) in [5.41, 5.74) is 0. The Hall–Kier alpha value is -2.20. The molecule has 2 heterocycles. The van der Waals surface area contributed by atoms with Crippen molar-refractivity contribution in [1.29, 1.82) is 0 Å². The topological polar surface area (TPSA) is 130 Å². The van der Waals surface area contributed by atoms with Crippen LogP contribution in [0.2, 0.25) is 0 Å². The van der Waals surface area contributed by atoms with Gasteiger partial charge in [-0.25, -0.2) is 0 Å². The van der Waals surface area contributed by atoms with Gasteiger partial charge in [-0.15, -0.1) is 0 Å². The Balaban J connectivity index is 1.06. The van der Waals surface area contributed by atoms with Crippen LogP contribution in [0.15, 0.2) is 0 Å². The van der Waals surface area contributed by atoms with E-state index in [1.165, 1.54) is 103 Å². The van der Waals surface area contributed by atoms with Crippen molar-refractivity contribution in [2.45, 2.75) is 205 Å². The van der Waals surface area contributed by atoms with E-state index >= 15 is 0 Å². The van der Waals surface area contributed by atoms with Crippen LogP contribution in [0.3, 0.4) is 0 Å². The second kappa shape index (κ2) is 25.9. The molecule has 2 saturated heterocycles. The highest BCUT2D eigenvalue weighted by molar-refractivity contribution is 5.83. The molecular formula is C44H74O10. The second-order valence-corrected chi connectivity index (χ2v) is 16.5. The maximum atomic E-state index is 13.1. The molecule has 8 atom stereocenters. The van der Waals surface area contributed by atoms with E-state index in [0.29, 0.717) is 38.9 Å². The van der Waals surface area contributed by atoms with Gasteiger partial charge in [-0.05, 0) is 38.5 Å². The molecule has 54 heavy (non-hydrogen) atoms. The van der Waals surface area contributed by atoms with E-state index < -0.39 is 35.6 Å². The van der Waals surface area contributed by atoms with Gasteiger partial charge in [0.2, 0.25) is 0 Å². The van der Waals surface area contributed by atoms with Crippen LogP contribution in [0.1, 0.15) is 181 Å². The van der Waals surface area contributed by atoms with E-state index in [9.17, 15) is 19.2 Å². The number of hydrogen-bond donors (Lipinski definition) is 0. The first-order valence-electron chi connectivity index (χ1n) is 22.4. The quantitative estimate of drug-likeness (QED) is 0.0291. The largest absolute Gasteiger partial charge is 0.465 e. The number of unbranched alkanes of at least 4 members (excludes halogenated alkanes) is 20. The number of carbonyl (C=O) groups is 4. The predicted molar refractivity (Wildman–Crippen MR) is 207 cm³/mol. The highest BCUT2D eigenvalue weighted by Crippen LogP contribution is 2.45. The molecule has 0 amide bonds. The van der Waals surface area contributed by atoms with Crippen molar-refractivity contribution in [1.82, 2.24) is 0 Å². The Morgan fingerprint density at radius 2 is 0.574 bits per heavy atom. The van der Waals surface area contributed by atoms with Crippen LogP contribution >= 0.6 is 0 Å². The van der Waals surface area contributed by atoms with Gasteiger partial charge in [0.15, 0.2) is 0 Å². The van der Waals surface area contributed by atoms with Crippen molar-refractivity contribution in [2.75, 3.05) is 26.4 Å². The summed E-state index contributed by atoms with van der Waals surface area (Å²) in [4.78, 5) is 52.4. The van der Waals surface area contributed by atoms with Gasteiger partial charge in [-0.1, -0.05) is 142 Å². The van der Waals surface area contributed by atoms with Crippen LogP contribution < -0.4 is 0 Å². The van der Waals surface area contributed by atoms with Gasteiger partial charge >= 0.3 is 23.9 Å². The van der Waals surface area contributed by atoms with Crippen molar-refractivity contribution in [2.24, 2.45) is 23.7 Å². The molecule has 2 saturated carbocycles. The van der Waals surface area contributed by atoms with Crippen LogP contribution in [-0.2, 0) is 47.6 Å². The highest BCUT2D eigenvalue weighted by atomic mass is 16.6. The molecule has 0 bridgehead atoms. The number of epoxide rings is 2. The first kappa shape index (κ1) is 44.5. The maximum absolute atomic E-state index is 13.1. The van der Waals surface area contributed by atoms with E-state index in [1.807, 2.05) is 0 Å². The zero-order valence-electron chi connectivity index (χ0n) is 33.9. The van der Waals surface area contributed by atoms with Gasteiger partial charge in [0.25, 0.3) is 0 Å². The Morgan fingerprint density at radius 3 is 0.833 bits per heavy atom. The van der Waals surface area contributed by atoms with Crippen molar-refractivity contribution in [3.8, 4) is 0 Å². The third kappa shape index (κ3) is 16.5. The molecule has 10 heteroatoms. The lowest BCUT2D eigenvalue weighted by molar-refractivity contribution is -0.167. The van der Waals surface area contributed by atoms with Crippen LogP contribution in [0.5, 0.6) is 0 Å². The van der Waals surface area contributed by atoms with Crippen LogP contribution in [-0.4, -0.2) is 74.7 Å². The van der Waals surface area contributed by atoms with E-state index in [2.05, 4.69) is 13.8 Å². The molecule has 0 radical (unpaired) electrons. The summed E-state index contributed by atoms with van der Waals surface area (Å²) < 4.78 is 33.6. The number of esters is 4. The molecule has 2 aliphatic carbocycles. The molecule has 2 aliphatic heterocycles. The summed E-state index contributed by atoms with van der Waals surface area (Å²) in [5, 5.41) is 0. The first-order valence-corrected chi connectivity index (χ1v) is 22.4. The average molecular weight is 763 g/mol. The summed E-state index contributed by atoms with van der Waals surface area (Å²) in [5.74, 6) is -4.18. The van der Waals surface area contributed by atoms with Crippen LogP contribution in [0.25, 0.3) is 0 Å². The summed E-state index contributed by atoms with van der Waals surface area (Å²) in [6.45, 7) is 4.96. The van der Waals surface area contributed by atoms with E-state index in [1.54, 1.807) is 0 Å². The molecule has 0 N–H and O–H groups in total. The fraction of sp³-hybridized carbons (Fsp3) is 0.909. The minimum Gasteiger partial charge on any atom is -0.465 e. The Labute approximate surface area is 326 Å². The number of fused-ring (bicyclic) bond motifs is 2. The maximum Gasteiger partial charge on any atom is 0.310 e. The van der Waals surface area contributed by atoms with E-state index in [4.69, 9.17) is 28.4 Å². The van der Waals surface area contributed by atoms with Crippen molar-refractivity contribution in [3.63, 3.8) is 0 Å². The van der Waals surface area contributed by atoms with Crippen molar-refractivity contribution in [3.05, 3.63) is 0 Å². The summed E-state index contributed by atoms with van der Waals surface area (Å²) in [6, 6.07) is 0. The molecule has 310 valence electrons. The third-order valence-corrected chi connectivity index (χ3v) is 12.1. The zero-order chi connectivity index (χ0) is 38.4. The molecule has 0 aromatic carbocycles. The molecule has 0 spiro atoms. The van der Waals surface area contributed by atoms with Gasteiger partial charge in [0.05, 0.1) is 61.3 Å². The Morgan fingerprint density at radius 1 is 0.352 bits per heavy atom. The minimum atomic E-state index is -0.643. The van der Waals surface area contributed by atoms with Gasteiger partial charge in [-0.2, -0.15) is 0 Å². The fourth-order valence-electron chi connectivity index (χ4n) is 8.48. The smallest absolute Gasteiger partial charge is 0.310 e. The van der Waals surface area contributed by atoms with Crippen molar-refractivity contribution >= 4 is 23.9 Å². The highest BCUT2D eigenvalue weighted by Gasteiger charge is 2.55. The first-order chi connectivity index (χ1) is 26.4. The number of rotatable bonds is 31. The average Bonchev–Trinajstić information content (AvgIpc) is 4.11. The van der Waals surface area contributed by atoms with Crippen LogP contribution in [0, 0.1) is 23.7 Å². The van der Waals surface area contributed by atoms with Gasteiger partial charge in [0.1, 0.15) is 13.2 Å². The van der Waals surface area contributed by atoms with E-state index in [0.717, 1.165) is 38.5 Å². The van der Waals surface area contributed by atoms with Crippen LogP contribution in [0.4, 0.5) is 0 Å². The summed E-state index contributed by atoms with van der Waals surface area (Å²) >= 11 is 0. The molecule has 8 unspecified atom stereocenters. The number of carbonyl (C=O) groups excluding carboxylic acids is 4. The fourth-order valence-corrected chi connectivity index (χ4v) is 8.48. The Bertz CT molecular complexity index is 1010. The zero-order valence-corrected chi connectivity index (χ0v) is 33.9. The number of hydrogen-bond acceptors (Lipinski definition) is 10. The lowest BCUT2D eigenvalue weighted by atomic mass is 9.79.